The highest BCUT2D eigenvalue weighted by atomic mass is 32.2. The van der Waals surface area contributed by atoms with E-state index in [0.29, 0.717) is 31.5 Å². The number of nitrogens with one attached hydrogen (secondary N) is 1. The number of carbonyl (C=O) groups is 1. The van der Waals surface area contributed by atoms with Gasteiger partial charge in [0.25, 0.3) is 5.56 Å². The SMILES string of the molecule is C[C@H](Sc1nc2sc3c(c2c(=O)[nH]1)CCCC3)C(=O)N1CCOCC1. The molecular weight excluding hydrogens is 358 g/mol. The Hall–Kier alpha value is -1.38. The monoisotopic (exact) mass is 379 g/mol. The number of nitrogens with zero attached hydrogens (tertiary/aromatic N) is 2. The van der Waals surface area contributed by atoms with Crippen molar-refractivity contribution in [2.45, 2.75) is 43.0 Å². The highest BCUT2D eigenvalue weighted by Gasteiger charge is 2.25. The van der Waals surface area contributed by atoms with Gasteiger partial charge in [0.05, 0.1) is 23.8 Å². The number of aromatic amines is 1. The fraction of sp³-hybridized carbons (Fsp3) is 0.588. The molecule has 0 aromatic carbocycles. The molecule has 1 aliphatic heterocycles. The molecule has 4 rings (SSSR count). The number of hydrogen-bond donors (Lipinski definition) is 1. The van der Waals surface area contributed by atoms with Crippen molar-refractivity contribution in [3.8, 4) is 0 Å². The zero-order valence-electron chi connectivity index (χ0n) is 14.2. The van der Waals surface area contributed by atoms with Crippen LogP contribution in [0, 0.1) is 0 Å². The van der Waals surface area contributed by atoms with E-state index in [4.69, 9.17) is 4.74 Å². The number of hydrogen-bond acceptors (Lipinski definition) is 6. The molecule has 0 saturated carbocycles. The van der Waals surface area contributed by atoms with Crippen molar-refractivity contribution in [2.75, 3.05) is 26.3 Å². The molecule has 2 aromatic heterocycles. The molecule has 1 saturated heterocycles. The third-order valence-electron chi connectivity index (χ3n) is 4.76. The molecule has 134 valence electrons. The van der Waals surface area contributed by atoms with E-state index in [2.05, 4.69) is 9.97 Å². The van der Waals surface area contributed by atoms with Gasteiger partial charge in [0.2, 0.25) is 5.91 Å². The van der Waals surface area contributed by atoms with E-state index in [0.717, 1.165) is 29.5 Å². The summed E-state index contributed by atoms with van der Waals surface area (Å²) in [4.78, 5) is 36.6. The molecule has 0 spiro atoms. The molecule has 3 heterocycles. The molecule has 2 aliphatic rings. The van der Waals surface area contributed by atoms with Crippen LogP contribution in [0.1, 0.15) is 30.2 Å². The second kappa shape index (κ2) is 7.09. The lowest BCUT2D eigenvalue weighted by Gasteiger charge is -2.28. The first kappa shape index (κ1) is 17.1. The Kier molecular flexibility index (Phi) is 4.84. The molecule has 1 aliphatic carbocycles. The first-order chi connectivity index (χ1) is 12.1. The van der Waals surface area contributed by atoms with E-state index >= 15 is 0 Å². The molecule has 0 unspecified atom stereocenters. The van der Waals surface area contributed by atoms with Crippen molar-refractivity contribution >= 4 is 39.2 Å². The number of thioether (sulfide) groups is 1. The quantitative estimate of drug-likeness (QED) is 0.654. The van der Waals surface area contributed by atoms with Gasteiger partial charge >= 0.3 is 0 Å². The van der Waals surface area contributed by atoms with Crippen LogP contribution in [-0.2, 0) is 22.4 Å². The maximum absolute atomic E-state index is 12.6. The Balaban J connectivity index is 1.57. The van der Waals surface area contributed by atoms with E-state index in [1.807, 2.05) is 11.8 Å². The Bertz CT molecular complexity index is 855. The van der Waals surface area contributed by atoms with Crippen molar-refractivity contribution in [1.29, 1.82) is 0 Å². The normalized spacial score (nSPS) is 19.0. The van der Waals surface area contributed by atoms with Gasteiger partial charge in [-0.05, 0) is 38.2 Å². The largest absolute Gasteiger partial charge is 0.378 e. The number of morpholine rings is 1. The second-order valence-corrected chi connectivity index (χ2v) is 8.87. The highest BCUT2D eigenvalue weighted by molar-refractivity contribution is 8.00. The lowest BCUT2D eigenvalue weighted by atomic mass is 9.97. The van der Waals surface area contributed by atoms with Crippen molar-refractivity contribution < 1.29 is 9.53 Å². The summed E-state index contributed by atoms with van der Waals surface area (Å²) in [6.45, 7) is 4.30. The van der Waals surface area contributed by atoms with Crippen LogP contribution in [0.15, 0.2) is 9.95 Å². The number of ether oxygens (including phenoxy) is 1. The van der Waals surface area contributed by atoms with Gasteiger partial charge in [-0.2, -0.15) is 0 Å². The minimum Gasteiger partial charge on any atom is -0.378 e. The highest BCUT2D eigenvalue weighted by Crippen LogP contribution is 2.34. The Morgan fingerprint density at radius 1 is 1.32 bits per heavy atom. The van der Waals surface area contributed by atoms with Crippen molar-refractivity contribution in [2.24, 2.45) is 0 Å². The standard InChI is InChI=1S/C17H21N3O3S2/c1-10(16(22)20-6-8-23-9-7-20)24-17-18-14(21)13-11-4-2-3-5-12(11)25-15(13)19-17/h10H,2-9H2,1H3,(H,18,19,21)/t10-/m0/s1. The van der Waals surface area contributed by atoms with Crippen LogP contribution >= 0.6 is 23.1 Å². The molecule has 2 aromatic rings. The second-order valence-electron chi connectivity index (χ2n) is 6.46. The molecule has 0 bridgehead atoms. The van der Waals surface area contributed by atoms with Crippen molar-refractivity contribution in [1.82, 2.24) is 14.9 Å². The smallest absolute Gasteiger partial charge is 0.260 e. The van der Waals surface area contributed by atoms with Crippen LogP contribution in [0.25, 0.3) is 10.2 Å². The maximum Gasteiger partial charge on any atom is 0.260 e. The fourth-order valence-corrected chi connectivity index (χ4v) is 5.66. The number of aryl methyl sites for hydroxylation is 2. The van der Waals surface area contributed by atoms with E-state index in [-0.39, 0.29) is 16.7 Å². The zero-order valence-corrected chi connectivity index (χ0v) is 15.8. The third kappa shape index (κ3) is 3.35. The molecule has 8 heteroatoms. The number of thiophene rings is 1. The summed E-state index contributed by atoms with van der Waals surface area (Å²) < 4.78 is 5.29. The van der Waals surface area contributed by atoms with E-state index in [9.17, 15) is 9.59 Å². The summed E-state index contributed by atoms with van der Waals surface area (Å²) in [5.74, 6) is 0.0709. The van der Waals surface area contributed by atoms with Gasteiger partial charge in [-0.15, -0.1) is 11.3 Å². The Morgan fingerprint density at radius 2 is 2.08 bits per heavy atom. The number of aromatic nitrogens is 2. The fourth-order valence-electron chi connectivity index (χ4n) is 3.46. The maximum atomic E-state index is 12.6. The topological polar surface area (TPSA) is 75.3 Å². The summed E-state index contributed by atoms with van der Waals surface area (Å²) in [7, 11) is 0. The molecule has 1 amide bonds. The van der Waals surface area contributed by atoms with Gasteiger partial charge in [-0.25, -0.2) is 4.98 Å². The number of rotatable bonds is 3. The van der Waals surface area contributed by atoms with Gasteiger partial charge < -0.3 is 14.6 Å². The number of amides is 1. The summed E-state index contributed by atoms with van der Waals surface area (Å²) in [6, 6.07) is 0. The van der Waals surface area contributed by atoms with Gasteiger partial charge in [-0.3, -0.25) is 9.59 Å². The first-order valence-corrected chi connectivity index (χ1v) is 10.4. The van der Waals surface area contributed by atoms with Crippen molar-refractivity contribution in [3.63, 3.8) is 0 Å². The molecule has 0 radical (unpaired) electrons. The molecular formula is C17H21N3O3S2. The predicted molar refractivity (Wildman–Crippen MR) is 99.6 cm³/mol. The number of H-pyrrole nitrogens is 1. The molecule has 25 heavy (non-hydrogen) atoms. The summed E-state index contributed by atoms with van der Waals surface area (Å²) >= 11 is 2.96. The van der Waals surface area contributed by atoms with Crippen LogP contribution < -0.4 is 5.56 Å². The number of fused-ring (bicyclic) bond motifs is 3. The van der Waals surface area contributed by atoms with Gasteiger partial charge in [0, 0.05) is 18.0 Å². The molecule has 6 nitrogen and oxygen atoms in total. The Morgan fingerprint density at radius 3 is 2.88 bits per heavy atom. The van der Waals surface area contributed by atoms with E-state index in [1.165, 1.54) is 28.6 Å². The average Bonchev–Trinajstić information content (AvgIpc) is 3.00. The van der Waals surface area contributed by atoms with Crippen molar-refractivity contribution in [3.05, 3.63) is 20.8 Å². The average molecular weight is 380 g/mol. The summed E-state index contributed by atoms with van der Waals surface area (Å²) in [6.07, 6.45) is 4.34. The van der Waals surface area contributed by atoms with Gasteiger partial charge in [0.1, 0.15) is 4.83 Å². The van der Waals surface area contributed by atoms with Crippen LogP contribution in [0.3, 0.4) is 0 Å². The van der Waals surface area contributed by atoms with Crippen LogP contribution in [0.4, 0.5) is 0 Å². The predicted octanol–water partition coefficient (Wildman–Crippen LogP) is 2.20. The molecule has 1 atom stereocenters. The van der Waals surface area contributed by atoms with Crippen LogP contribution in [0.5, 0.6) is 0 Å². The minimum atomic E-state index is -0.284. The molecule has 1 fully saturated rings. The zero-order chi connectivity index (χ0) is 17.4. The van der Waals surface area contributed by atoms with Crippen LogP contribution in [0.2, 0.25) is 0 Å². The number of carbonyl (C=O) groups excluding carboxylic acids is 1. The summed E-state index contributed by atoms with van der Waals surface area (Å²) in [5, 5.41) is 1.01. The summed E-state index contributed by atoms with van der Waals surface area (Å²) in [5.41, 5.74) is 1.12. The van der Waals surface area contributed by atoms with E-state index < -0.39 is 0 Å². The first-order valence-electron chi connectivity index (χ1n) is 8.71. The minimum absolute atomic E-state index is 0.0709. The Labute approximate surface area is 154 Å². The van der Waals surface area contributed by atoms with Gasteiger partial charge in [-0.1, -0.05) is 11.8 Å². The van der Waals surface area contributed by atoms with Gasteiger partial charge in [0.15, 0.2) is 5.16 Å². The lowest BCUT2D eigenvalue weighted by Crippen LogP contribution is -2.44. The lowest BCUT2D eigenvalue weighted by molar-refractivity contribution is -0.134. The third-order valence-corrected chi connectivity index (χ3v) is 6.92. The van der Waals surface area contributed by atoms with Crippen LogP contribution in [-0.4, -0.2) is 52.3 Å². The van der Waals surface area contributed by atoms with E-state index in [1.54, 1.807) is 11.3 Å². The molecule has 1 N–H and O–H groups in total.